The zero-order valence-corrected chi connectivity index (χ0v) is 9.12. The number of hydrogen-bond donors (Lipinski definition) is 1. The number of rotatable bonds is 3. The number of carbonyl (C=O) groups excluding carboxylic acids is 1. The first kappa shape index (κ1) is 9.97. The van der Waals surface area contributed by atoms with Gasteiger partial charge in [-0.2, -0.15) is 0 Å². The van der Waals surface area contributed by atoms with Crippen LogP contribution in [0.25, 0.3) is 0 Å². The lowest BCUT2D eigenvalue weighted by Crippen LogP contribution is -2.46. The Bertz CT molecular complexity index is 223. The molecule has 1 heterocycles. The Morgan fingerprint density at radius 3 is 2.64 bits per heavy atom. The number of likely N-dealkylation sites (tertiary alicyclic amines) is 1. The van der Waals surface area contributed by atoms with E-state index < -0.39 is 0 Å². The topological polar surface area (TPSA) is 32.3 Å². The third kappa shape index (κ3) is 2.08. The lowest BCUT2D eigenvalue weighted by molar-refractivity contribution is -0.126. The van der Waals surface area contributed by atoms with Crippen molar-refractivity contribution in [3.8, 4) is 0 Å². The summed E-state index contributed by atoms with van der Waals surface area (Å²) in [6.45, 7) is 5.42. The minimum Gasteiger partial charge on any atom is -0.352 e. The van der Waals surface area contributed by atoms with Crippen molar-refractivity contribution in [3.63, 3.8) is 0 Å². The SMILES string of the molecule is CC(C)N1CCC[C@H]1C(=O)NC1CC1. The van der Waals surface area contributed by atoms with Crippen LogP contribution in [0.3, 0.4) is 0 Å². The van der Waals surface area contributed by atoms with Crippen molar-refractivity contribution in [2.24, 2.45) is 0 Å². The summed E-state index contributed by atoms with van der Waals surface area (Å²) >= 11 is 0. The molecule has 2 fully saturated rings. The average Bonchev–Trinajstić information content (AvgIpc) is 2.81. The highest BCUT2D eigenvalue weighted by Crippen LogP contribution is 2.23. The van der Waals surface area contributed by atoms with E-state index in [1.54, 1.807) is 0 Å². The monoisotopic (exact) mass is 196 g/mol. The summed E-state index contributed by atoms with van der Waals surface area (Å²) in [5.74, 6) is 0.263. The number of amides is 1. The van der Waals surface area contributed by atoms with Crippen LogP contribution in [0.5, 0.6) is 0 Å². The average molecular weight is 196 g/mol. The van der Waals surface area contributed by atoms with Crippen LogP contribution >= 0.6 is 0 Å². The molecule has 0 radical (unpaired) electrons. The standard InChI is InChI=1S/C11H20N2O/c1-8(2)13-7-3-4-10(13)11(14)12-9-5-6-9/h8-10H,3-7H2,1-2H3,(H,12,14)/t10-/m0/s1. The molecule has 2 rings (SSSR count). The summed E-state index contributed by atoms with van der Waals surface area (Å²) in [6, 6.07) is 1.14. The lowest BCUT2D eigenvalue weighted by Gasteiger charge is -2.27. The molecule has 80 valence electrons. The van der Waals surface area contributed by atoms with Crippen LogP contribution in [-0.2, 0) is 4.79 Å². The van der Waals surface area contributed by atoms with E-state index in [9.17, 15) is 4.79 Å². The van der Waals surface area contributed by atoms with Gasteiger partial charge in [-0.15, -0.1) is 0 Å². The predicted octanol–water partition coefficient (Wildman–Crippen LogP) is 1.14. The first-order valence-corrected chi connectivity index (χ1v) is 5.74. The van der Waals surface area contributed by atoms with Crippen molar-refractivity contribution >= 4 is 5.91 Å². The fourth-order valence-corrected chi connectivity index (χ4v) is 2.21. The maximum atomic E-state index is 11.9. The number of nitrogens with zero attached hydrogens (tertiary/aromatic N) is 1. The van der Waals surface area contributed by atoms with Crippen molar-refractivity contribution in [2.45, 2.75) is 57.7 Å². The van der Waals surface area contributed by atoms with Gasteiger partial charge >= 0.3 is 0 Å². The maximum absolute atomic E-state index is 11.9. The molecule has 0 aromatic heterocycles. The molecule has 1 saturated carbocycles. The van der Waals surface area contributed by atoms with Gasteiger partial charge in [-0.05, 0) is 46.1 Å². The molecule has 0 spiro atoms. The van der Waals surface area contributed by atoms with E-state index >= 15 is 0 Å². The summed E-state index contributed by atoms with van der Waals surface area (Å²) in [7, 11) is 0. The highest BCUT2D eigenvalue weighted by Gasteiger charge is 2.34. The fraction of sp³-hybridized carbons (Fsp3) is 0.909. The molecule has 3 heteroatoms. The normalized spacial score (nSPS) is 28.4. The Morgan fingerprint density at radius 1 is 1.36 bits per heavy atom. The Balaban J connectivity index is 1.90. The predicted molar refractivity (Wildman–Crippen MR) is 56.0 cm³/mol. The molecule has 0 unspecified atom stereocenters. The van der Waals surface area contributed by atoms with Gasteiger partial charge in [0.15, 0.2) is 0 Å². The zero-order chi connectivity index (χ0) is 10.1. The number of carbonyl (C=O) groups is 1. The quantitative estimate of drug-likeness (QED) is 0.734. The van der Waals surface area contributed by atoms with Gasteiger partial charge < -0.3 is 5.32 Å². The summed E-state index contributed by atoms with van der Waals surface area (Å²) in [5.41, 5.74) is 0. The van der Waals surface area contributed by atoms with Crippen molar-refractivity contribution < 1.29 is 4.79 Å². The molecule has 2 aliphatic rings. The number of nitrogens with one attached hydrogen (secondary N) is 1. The molecule has 3 nitrogen and oxygen atoms in total. The van der Waals surface area contributed by atoms with Gasteiger partial charge in [0.05, 0.1) is 6.04 Å². The Hall–Kier alpha value is -0.570. The van der Waals surface area contributed by atoms with Gasteiger partial charge in [-0.1, -0.05) is 0 Å². The summed E-state index contributed by atoms with van der Waals surface area (Å²) in [4.78, 5) is 14.2. The van der Waals surface area contributed by atoms with E-state index in [0.29, 0.717) is 12.1 Å². The first-order chi connectivity index (χ1) is 6.68. The van der Waals surface area contributed by atoms with Crippen LogP contribution in [0.2, 0.25) is 0 Å². The summed E-state index contributed by atoms with van der Waals surface area (Å²) in [5, 5.41) is 3.10. The van der Waals surface area contributed by atoms with E-state index in [0.717, 1.165) is 13.0 Å². The van der Waals surface area contributed by atoms with E-state index in [4.69, 9.17) is 0 Å². The third-order valence-electron chi connectivity index (χ3n) is 3.18. The van der Waals surface area contributed by atoms with Gasteiger partial charge in [-0.3, -0.25) is 9.69 Å². The second-order valence-electron chi connectivity index (χ2n) is 4.77. The van der Waals surface area contributed by atoms with Gasteiger partial charge in [0.25, 0.3) is 0 Å². The number of hydrogen-bond acceptors (Lipinski definition) is 2. The Morgan fingerprint density at radius 2 is 2.07 bits per heavy atom. The van der Waals surface area contributed by atoms with Crippen LogP contribution < -0.4 is 5.32 Å². The van der Waals surface area contributed by atoms with Gasteiger partial charge in [0.1, 0.15) is 0 Å². The largest absolute Gasteiger partial charge is 0.352 e. The zero-order valence-electron chi connectivity index (χ0n) is 9.12. The highest BCUT2D eigenvalue weighted by atomic mass is 16.2. The van der Waals surface area contributed by atoms with Crippen molar-refractivity contribution in [1.29, 1.82) is 0 Å². The second kappa shape index (κ2) is 3.89. The third-order valence-corrected chi connectivity index (χ3v) is 3.18. The van der Waals surface area contributed by atoms with Crippen LogP contribution in [-0.4, -0.2) is 35.5 Å². The van der Waals surface area contributed by atoms with Crippen LogP contribution in [0, 0.1) is 0 Å². The van der Waals surface area contributed by atoms with Crippen LogP contribution in [0.4, 0.5) is 0 Å². The minimum absolute atomic E-state index is 0.149. The van der Waals surface area contributed by atoms with E-state index in [-0.39, 0.29) is 11.9 Å². The highest BCUT2D eigenvalue weighted by molar-refractivity contribution is 5.82. The molecule has 1 amide bonds. The molecular formula is C11H20N2O. The van der Waals surface area contributed by atoms with Gasteiger partial charge in [0, 0.05) is 12.1 Å². The molecular weight excluding hydrogens is 176 g/mol. The molecule has 0 aromatic carbocycles. The second-order valence-corrected chi connectivity index (χ2v) is 4.77. The molecule has 0 aromatic rings. The molecule has 1 aliphatic heterocycles. The van der Waals surface area contributed by atoms with E-state index in [1.165, 1.54) is 19.3 Å². The van der Waals surface area contributed by atoms with Crippen LogP contribution in [0.1, 0.15) is 39.5 Å². The van der Waals surface area contributed by atoms with Crippen molar-refractivity contribution in [2.75, 3.05) is 6.54 Å². The molecule has 1 atom stereocenters. The fourth-order valence-electron chi connectivity index (χ4n) is 2.21. The lowest BCUT2D eigenvalue weighted by atomic mass is 10.2. The molecule has 14 heavy (non-hydrogen) atoms. The molecule has 1 aliphatic carbocycles. The van der Waals surface area contributed by atoms with E-state index in [2.05, 4.69) is 24.1 Å². The maximum Gasteiger partial charge on any atom is 0.237 e. The smallest absolute Gasteiger partial charge is 0.237 e. The first-order valence-electron chi connectivity index (χ1n) is 5.74. The molecule has 1 N–H and O–H groups in total. The summed E-state index contributed by atoms with van der Waals surface area (Å²) in [6.07, 6.45) is 4.57. The van der Waals surface area contributed by atoms with Gasteiger partial charge in [-0.25, -0.2) is 0 Å². The Kier molecular flexibility index (Phi) is 2.77. The van der Waals surface area contributed by atoms with Crippen molar-refractivity contribution in [3.05, 3.63) is 0 Å². The minimum atomic E-state index is 0.149. The van der Waals surface area contributed by atoms with E-state index in [1.807, 2.05) is 0 Å². The molecule has 0 bridgehead atoms. The molecule has 1 saturated heterocycles. The van der Waals surface area contributed by atoms with Crippen LogP contribution in [0.15, 0.2) is 0 Å². The van der Waals surface area contributed by atoms with Crippen molar-refractivity contribution in [1.82, 2.24) is 10.2 Å². The summed E-state index contributed by atoms with van der Waals surface area (Å²) < 4.78 is 0. The Labute approximate surface area is 85.8 Å². The van der Waals surface area contributed by atoms with Gasteiger partial charge in [0.2, 0.25) is 5.91 Å².